The number of carbonyl (C=O) groups is 1. The zero-order chi connectivity index (χ0) is 21.3. The molecule has 2 aliphatic rings. The molecule has 0 amide bonds. The van der Waals surface area contributed by atoms with E-state index in [2.05, 4.69) is 20.8 Å². The monoisotopic (exact) mass is 410 g/mol. The van der Waals surface area contributed by atoms with Gasteiger partial charge in [0.05, 0.1) is 11.4 Å². The second-order valence-corrected chi connectivity index (χ2v) is 11.1. The average molecular weight is 411 g/mol. The van der Waals surface area contributed by atoms with Gasteiger partial charge < -0.3 is 9.84 Å². The van der Waals surface area contributed by atoms with Crippen LogP contribution in [0.4, 0.5) is 0 Å². The highest BCUT2D eigenvalue weighted by molar-refractivity contribution is 7.93. The molecule has 0 aromatic heterocycles. The Morgan fingerprint density at radius 2 is 2.00 bits per heavy atom. The molecule has 28 heavy (non-hydrogen) atoms. The van der Waals surface area contributed by atoms with E-state index in [1.165, 1.54) is 18.1 Å². The summed E-state index contributed by atoms with van der Waals surface area (Å²) in [5, 5.41) is 9.12. The van der Waals surface area contributed by atoms with Crippen molar-refractivity contribution in [3.63, 3.8) is 0 Å². The molecule has 3 unspecified atom stereocenters. The van der Waals surface area contributed by atoms with Crippen molar-refractivity contribution in [3.8, 4) is 0 Å². The molecule has 2 rings (SSSR count). The van der Waals surface area contributed by atoms with E-state index in [4.69, 9.17) is 4.74 Å². The van der Waals surface area contributed by atoms with Gasteiger partial charge in [-0.1, -0.05) is 36.6 Å². The fraction of sp³-hybridized carbons (Fsp3) is 0.682. The summed E-state index contributed by atoms with van der Waals surface area (Å²) in [7, 11) is -3.56. The van der Waals surface area contributed by atoms with Gasteiger partial charge in [-0.15, -0.1) is 0 Å². The van der Waals surface area contributed by atoms with Crippen molar-refractivity contribution < 1.29 is 23.1 Å². The SMILES string of the molecule is CC(=O)OC/C=C(\C)C(O)C1C=C(C)C(CC2=C(C)CCCC2(C)C)S1(=O)=O. The first kappa shape index (κ1) is 22.9. The average Bonchev–Trinajstić information content (AvgIpc) is 2.79. The van der Waals surface area contributed by atoms with Gasteiger partial charge in [-0.25, -0.2) is 8.42 Å². The Kier molecular flexibility index (Phi) is 6.98. The number of rotatable bonds is 6. The maximum atomic E-state index is 13.3. The number of ether oxygens (including phenoxy) is 1. The van der Waals surface area contributed by atoms with Gasteiger partial charge in [-0.05, 0) is 63.5 Å². The van der Waals surface area contributed by atoms with Crippen molar-refractivity contribution in [3.05, 3.63) is 34.4 Å². The predicted molar refractivity (Wildman–Crippen MR) is 112 cm³/mol. The minimum absolute atomic E-state index is 0.00862. The van der Waals surface area contributed by atoms with Gasteiger partial charge in [0.1, 0.15) is 11.9 Å². The van der Waals surface area contributed by atoms with Crippen molar-refractivity contribution in [2.75, 3.05) is 6.61 Å². The van der Waals surface area contributed by atoms with E-state index in [1.54, 1.807) is 19.1 Å². The Bertz CT molecular complexity index is 814. The first-order valence-electron chi connectivity index (χ1n) is 9.96. The van der Waals surface area contributed by atoms with Crippen molar-refractivity contribution in [1.82, 2.24) is 0 Å². The van der Waals surface area contributed by atoms with E-state index in [-0.39, 0.29) is 12.0 Å². The lowest BCUT2D eigenvalue weighted by molar-refractivity contribution is -0.139. The summed E-state index contributed by atoms with van der Waals surface area (Å²) >= 11 is 0. The van der Waals surface area contributed by atoms with Gasteiger partial charge in [0.2, 0.25) is 0 Å². The van der Waals surface area contributed by atoms with Crippen LogP contribution in [-0.4, -0.2) is 42.7 Å². The molecule has 0 saturated carbocycles. The van der Waals surface area contributed by atoms with Crippen LogP contribution in [0.3, 0.4) is 0 Å². The number of hydrogen-bond acceptors (Lipinski definition) is 5. The standard InChI is InChI=1S/C22H34O5S/c1-14-8-7-10-22(5,6)18(14)13-19-16(3)12-20(28(19,25)26)21(24)15(2)9-11-27-17(4)23/h9,12,19-21,24H,7-8,10-11,13H2,1-6H3/b15-9+. The first-order valence-corrected chi connectivity index (χ1v) is 11.6. The summed E-state index contributed by atoms with van der Waals surface area (Å²) in [4.78, 5) is 10.9. The number of sulfone groups is 1. The van der Waals surface area contributed by atoms with Gasteiger partial charge in [0.15, 0.2) is 9.84 Å². The summed E-state index contributed by atoms with van der Waals surface area (Å²) in [5.41, 5.74) is 3.86. The molecule has 6 heteroatoms. The zero-order valence-electron chi connectivity index (χ0n) is 17.9. The topological polar surface area (TPSA) is 80.7 Å². The van der Waals surface area contributed by atoms with Crippen molar-refractivity contribution >= 4 is 15.8 Å². The minimum atomic E-state index is -3.56. The second-order valence-electron chi connectivity index (χ2n) is 8.85. The van der Waals surface area contributed by atoms with Gasteiger partial charge in [0, 0.05) is 6.92 Å². The van der Waals surface area contributed by atoms with Crippen LogP contribution in [-0.2, 0) is 19.4 Å². The first-order chi connectivity index (χ1) is 12.9. The molecule has 0 fully saturated rings. The Hall–Kier alpha value is -1.40. The quantitative estimate of drug-likeness (QED) is 0.531. The number of aliphatic hydroxyl groups excluding tert-OH is 1. The van der Waals surface area contributed by atoms with Crippen LogP contribution in [0.25, 0.3) is 0 Å². The molecule has 0 aromatic rings. The van der Waals surface area contributed by atoms with Crippen molar-refractivity contribution in [2.24, 2.45) is 5.41 Å². The highest BCUT2D eigenvalue weighted by atomic mass is 32.2. The minimum Gasteiger partial charge on any atom is -0.462 e. The molecule has 0 bridgehead atoms. The highest BCUT2D eigenvalue weighted by Crippen LogP contribution is 2.45. The van der Waals surface area contributed by atoms with E-state index in [9.17, 15) is 18.3 Å². The third-order valence-corrected chi connectivity index (χ3v) is 8.74. The number of carbonyl (C=O) groups excluding carboxylic acids is 1. The third-order valence-electron chi connectivity index (χ3n) is 6.26. The van der Waals surface area contributed by atoms with Gasteiger partial charge >= 0.3 is 5.97 Å². The predicted octanol–water partition coefficient (Wildman–Crippen LogP) is 3.89. The van der Waals surface area contributed by atoms with Crippen LogP contribution >= 0.6 is 0 Å². The van der Waals surface area contributed by atoms with Crippen molar-refractivity contribution in [1.29, 1.82) is 0 Å². The molecular weight excluding hydrogens is 376 g/mol. The summed E-state index contributed by atoms with van der Waals surface area (Å²) in [6.07, 6.45) is 5.85. The zero-order valence-corrected chi connectivity index (χ0v) is 18.7. The van der Waals surface area contributed by atoms with Crippen LogP contribution in [0.15, 0.2) is 34.4 Å². The normalized spacial score (nSPS) is 28.1. The molecule has 0 radical (unpaired) electrons. The fourth-order valence-electron chi connectivity index (χ4n) is 4.44. The molecule has 158 valence electrons. The number of hydrogen-bond donors (Lipinski definition) is 1. The molecule has 0 spiro atoms. The maximum absolute atomic E-state index is 13.3. The molecule has 3 atom stereocenters. The number of aliphatic hydroxyl groups is 1. The van der Waals surface area contributed by atoms with Crippen LogP contribution < -0.4 is 0 Å². The van der Waals surface area contributed by atoms with Gasteiger partial charge in [-0.2, -0.15) is 0 Å². The van der Waals surface area contributed by atoms with E-state index in [0.717, 1.165) is 24.8 Å². The number of allylic oxidation sites excluding steroid dienone is 2. The highest BCUT2D eigenvalue weighted by Gasteiger charge is 2.45. The Balaban J connectivity index is 2.23. The Morgan fingerprint density at radius 1 is 1.36 bits per heavy atom. The van der Waals surface area contributed by atoms with E-state index >= 15 is 0 Å². The second kappa shape index (κ2) is 8.54. The summed E-state index contributed by atoms with van der Waals surface area (Å²) in [6, 6.07) is 0. The largest absolute Gasteiger partial charge is 0.462 e. The molecule has 0 aromatic carbocycles. The fourth-order valence-corrected chi connectivity index (χ4v) is 6.79. The van der Waals surface area contributed by atoms with E-state index < -0.39 is 32.4 Å². The summed E-state index contributed by atoms with van der Waals surface area (Å²) in [5.74, 6) is -0.415. The summed E-state index contributed by atoms with van der Waals surface area (Å²) < 4.78 is 31.4. The summed E-state index contributed by atoms with van der Waals surface area (Å²) in [6.45, 7) is 11.3. The van der Waals surface area contributed by atoms with Crippen LogP contribution in [0, 0.1) is 5.41 Å². The maximum Gasteiger partial charge on any atom is 0.302 e. The Labute approximate surface area is 169 Å². The molecule has 1 aliphatic carbocycles. The van der Waals surface area contributed by atoms with Crippen LogP contribution in [0.1, 0.15) is 67.2 Å². The lowest BCUT2D eigenvalue weighted by Crippen LogP contribution is -2.36. The lowest BCUT2D eigenvalue weighted by atomic mass is 9.71. The van der Waals surface area contributed by atoms with Crippen LogP contribution in [0.5, 0.6) is 0 Å². The molecule has 0 saturated heterocycles. The van der Waals surface area contributed by atoms with Crippen LogP contribution in [0.2, 0.25) is 0 Å². The molecule has 1 aliphatic heterocycles. The van der Waals surface area contributed by atoms with Gasteiger partial charge in [0.25, 0.3) is 0 Å². The van der Waals surface area contributed by atoms with Crippen molar-refractivity contribution in [2.45, 2.75) is 83.8 Å². The molecule has 1 N–H and O–H groups in total. The van der Waals surface area contributed by atoms with Gasteiger partial charge in [-0.3, -0.25) is 4.79 Å². The Morgan fingerprint density at radius 3 is 2.57 bits per heavy atom. The van der Waals surface area contributed by atoms with E-state index in [0.29, 0.717) is 12.0 Å². The lowest BCUT2D eigenvalue weighted by Gasteiger charge is -2.36. The smallest absolute Gasteiger partial charge is 0.302 e. The number of esters is 1. The van der Waals surface area contributed by atoms with E-state index in [1.807, 2.05) is 6.92 Å². The molecular formula is C22H34O5S. The molecule has 1 heterocycles. The third kappa shape index (κ3) is 4.77. The molecule has 5 nitrogen and oxygen atoms in total.